The van der Waals surface area contributed by atoms with Gasteiger partial charge < -0.3 is 10.4 Å². The van der Waals surface area contributed by atoms with Gasteiger partial charge >= 0.3 is 0 Å². The molecule has 0 fully saturated rings. The average Bonchev–Trinajstić information content (AvgIpc) is 2.81. The molecule has 0 spiro atoms. The average molecular weight is 285 g/mol. The van der Waals surface area contributed by atoms with Crippen LogP contribution in [0.1, 0.15) is 36.5 Å². The predicted octanol–water partition coefficient (Wildman–Crippen LogP) is 1.45. The van der Waals surface area contributed by atoms with Crippen molar-refractivity contribution in [1.29, 1.82) is 0 Å². The molecule has 0 aliphatic heterocycles. The molecule has 6 heteroatoms. The number of carbonyl (C=O) groups is 1. The molecule has 19 heavy (non-hydrogen) atoms. The van der Waals surface area contributed by atoms with Crippen molar-refractivity contribution in [3.8, 4) is 0 Å². The van der Waals surface area contributed by atoms with E-state index in [0.717, 1.165) is 24.3 Å². The third-order valence-electron chi connectivity index (χ3n) is 2.72. The van der Waals surface area contributed by atoms with Crippen molar-refractivity contribution in [1.82, 2.24) is 15.5 Å². The fourth-order valence-corrected chi connectivity index (χ4v) is 2.27. The molecule has 0 saturated carbocycles. The lowest BCUT2D eigenvalue weighted by Gasteiger charge is -2.14. The molecule has 1 amide bonds. The van der Waals surface area contributed by atoms with E-state index in [-0.39, 0.29) is 18.6 Å². The molecule has 3 N–H and O–H groups in total. The quantitative estimate of drug-likeness (QED) is 0.675. The number of nitrogens with one attached hydrogen (secondary N) is 2. The largest absolute Gasteiger partial charge is 0.394 e. The van der Waals surface area contributed by atoms with Crippen molar-refractivity contribution in [2.45, 2.75) is 32.7 Å². The number of aromatic nitrogens is 2. The Bertz CT molecular complexity index is 393. The van der Waals surface area contributed by atoms with Gasteiger partial charge in [-0.2, -0.15) is 16.9 Å². The van der Waals surface area contributed by atoms with E-state index in [1.807, 2.05) is 6.26 Å². The van der Waals surface area contributed by atoms with Gasteiger partial charge in [-0.25, -0.2) is 0 Å². The summed E-state index contributed by atoms with van der Waals surface area (Å²) >= 11 is 1.69. The summed E-state index contributed by atoms with van der Waals surface area (Å²) in [6.07, 6.45) is 3.63. The van der Waals surface area contributed by atoms with Crippen LogP contribution in [0.25, 0.3) is 0 Å². The molecule has 0 radical (unpaired) electrons. The second-order valence-electron chi connectivity index (χ2n) is 5.01. The Kier molecular flexibility index (Phi) is 6.94. The Balaban J connectivity index is 2.54. The van der Waals surface area contributed by atoms with Gasteiger partial charge in [0.1, 0.15) is 5.69 Å². The second-order valence-corrected chi connectivity index (χ2v) is 6.00. The van der Waals surface area contributed by atoms with E-state index in [1.165, 1.54) is 0 Å². The second kappa shape index (κ2) is 8.22. The topological polar surface area (TPSA) is 78.0 Å². The highest BCUT2D eigenvalue weighted by molar-refractivity contribution is 7.98. The summed E-state index contributed by atoms with van der Waals surface area (Å²) in [6, 6.07) is 1.57. The van der Waals surface area contributed by atoms with E-state index in [4.69, 9.17) is 0 Å². The molecular formula is C13H23N3O2S. The number of amides is 1. The fourth-order valence-electron chi connectivity index (χ4n) is 1.75. The highest BCUT2D eigenvalue weighted by atomic mass is 32.2. The molecule has 1 heterocycles. The lowest BCUT2D eigenvalue weighted by Crippen LogP contribution is -2.38. The summed E-state index contributed by atoms with van der Waals surface area (Å²) in [4.78, 5) is 12.0. The number of hydrogen-bond acceptors (Lipinski definition) is 4. The molecule has 0 saturated heterocycles. The first-order valence-corrected chi connectivity index (χ1v) is 7.91. The summed E-state index contributed by atoms with van der Waals surface area (Å²) in [5.41, 5.74) is 1.35. The van der Waals surface area contributed by atoms with Crippen LogP contribution in [-0.4, -0.2) is 45.9 Å². The molecule has 1 aromatic rings. The van der Waals surface area contributed by atoms with Crippen molar-refractivity contribution < 1.29 is 9.90 Å². The van der Waals surface area contributed by atoms with Gasteiger partial charge in [0.25, 0.3) is 5.91 Å². The molecular weight excluding hydrogens is 262 g/mol. The molecule has 1 aromatic heterocycles. The lowest BCUT2D eigenvalue weighted by atomic mass is 10.1. The van der Waals surface area contributed by atoms with E-state index >= 15 is 0 Å². The summed E-state index contributed by atoms with van der Waals surface area (Å²) in [7, 11) is 0. The van der Waals surface area contributed by atoms with Crippen molar-refractivity contribution >= 4 is 17.7 Å². The zero-order chi connectivity index (χ0) is 14.3. The monoisotopic (exact) mass is 285 g/mol. The van der Waals surface area contributed by atoms with Crippen LogP contribution in [0.2, 0.25) is 0 Å². The highest BCUT2D eigenvalue weighted by Gasteiger charge is 2.15. The van der Waals surface area contributed by atoms with Crippen LogP contribution in [0.5, 0.6) is 0 Å². The van der Waals surface area contributed by atoms with Crippen LogP contribution in [0, 0.1) is 5.92 Å². The van der Waals surface area contributed by atoms with Gasteiger partial charge in [-0.1, -0.05) is 13.8 Å². The minimum atomic E-state index is -0.230. The smallest absolute Gasteiger partial charge is 0.272 e. The maximum atomic E-state index is 12.0. The van der Waals surface area contributed by atoms with Crippen LogP contribution < -0.4 is 5.32 Å². The molecule has 5 nitrogen and oxygen atoms in total. The maximum absolute atomic E-state index is 12.0. The Labute approximate surface area is 118 Å². The fraction of sp³-hybridized carbons (Fsp3) is 0.692. The van der Waals surface area contributed by atoms with Gasteiger partial charge in [-0.05, 0) is 36.8 Å². The molecule has 0 aliphatic rings. The number of carbonyl (C=O) groups excluding carboxylic acids is 1. The van der Waals surface area contributed by atoms with Crippen molar-refractivity contribution in [2.24, 2.45) is 5.92 Å². The molecule has 1 rings (SSSR count). The van der Waals surface area contributed by atoms with E-state index in [9.17, 15) is 9.90 Å². The maximum Gasteiger partial charge on any atom is 0.272 e. The lowest BCUT2D eigenvalue weighted by molar-refractivity contribution is 0.0910. The minimum absolute atomic E-state index is 0.0461. The van der Waals surface area contributed by atoms with Crippen LogP contribution in [0.15, 0.2) is 6.07 Å². The molecule has 1 atom stereocenters. The minimum Gasteiger partial charge on any atom is -0.394 e. The third kappa shape index (κ3) is 5.65. The molecule has 1 unspecified atom stereocenters. The van der Waals surface area contributed by atoms with Crippen molar-refractivity contribution in [3.63, 3.8) is 0 Å². The Morgan fingerprint density at radius 2 is 2.32 bits per heavy atom. The van der Waals surface area contributed by atoms with Crippen LogP contribution in [-0.2, 0) is 6.42 Å². The van der Waals surface area contributed by atoms with Crippen LogP contribution >= 0.6 is 11.8 Å². The Morgan fingerprint density at radius 1 is 1.58 bits per heavy atom. The van der Waals surface area contributed by atoms with E-state index < -0.39 is 0 Å². The summed E-state index contributed by atoms with van der Waals surface area (Å²) in [5.74, 6) is 1.19. The SMILES string of the molecule is CSCCC(CO)NC(=O)c1cc(CC(C)C)[nH]n1. The zero-order valence-corrected chi connectivity index (χ0v) is 12.6. The number of aliphatic hydroxyl groups is 1. The first-order valence-electron chi connectivity index (χ1n) is 6.51. The zero-order valence-electron chi connectivity index (χ0n) is 11.8. The summed E-state index contributed by atoms with van der Waals surface area (Å²) in [6.45, 7) is 4.19. The van der Waals surface area contributed by atoms with Gasteiger partial charge in [0.05, 0.1) is 12.6 Å². The Morgan fingerprint density at radius 3 is 2.89 bits per heavy atom. The van der Waals surface area contributed by atoms with Crippen molar-refractivity contribution in [2.75, 3.05) is 18.6 Å². The normalized spacial score (nSPS) is 12.7. The van der Waals surface area contributed by atoms with E-state index in [1.54, 1.807) is 17.8 Å². The number of aromatic amines is 1. The van der Waals surface area contributed by atoms with Crippen LogP contribution in [0.3, 0.4) is 0 Å². The Hall–Kier alpha value is -1.01. The molecule has 0 aliphatic carbocycles. The van der Waals surface area contributed by atoms with E-state index in [2.05, 4.69) is 29.4 Å². The standard InChI is InChI=1S/C13H23N3O2S/c1-9(2)6-11-7-12(16-15-11)13(18)14-10(8-17)4-5-19-3/h7,9-10,17H,4-6,8H2,1-3H3,(H,14,18)(H,15,16). The molecule has 0 bridgehead atoms. The number of aliphatic hydroxyl groups excluding tert-OH is 1. The summed E-state index contributed by atoms with van der Waals surface area (Å²) in [5, 5.41) is 18.9. The molecule has 0 aromatic carbocycles. The number of hydrogen-bond donors (Lipinski definition) is 3. The van der Waals surface area contributed by atoms with E-state index in [0.29, 0.717) is 11.6 Å². The molecule has 108 valence electrons. The first-order chi connectivity index (χ1) is 9.06. The number of rotatable bonds is 8. The number of thioether (sulfide) groups is 1. The first kappa shape index (κ1) is 16.0. The summed E-state index contributed by atoms with van der Waals surface area (Å²) < 4.78 is 0. The predicted molar refractivity (Wildman–Crippen MR) is 78.5 cm³/mol. The third-order valence-corrected chi connectivity index (χ3v) is 3.36. The van der Waals surface area contributed by atoms with Crippen LogP contribution in [0.4, 0.5) is 0 Å². The number of nitrogens with zero attached hydrogens (tertiary/aromatic N) is 1. The number of H-pyrrole nitrogens is 1. The van der Waals surface area contributed by atoms with Crippen molar-refractivity contribution in [3.05, 3.63) is 17.5 Å². The van der Waals surface area contributed by atoms with Gasteiger partial charge in [0, 0.05) is 5.69 Å². The van der Waals surface area contributed by atoms with Gasteiger partial charge in [0.2, 0.25) is 0 Å². The van der Waals surface area contributed by atoms with Gasteiger partial charge in [-0.15, -0.1) is 0 Å². The highest BCUT2D eigenvalue weighted by Crippen LogP contribution is 2.07. The van der Waals surface area contributed by atoms with Gasteiger partial charge in [-0.3, -0.25) is 9.89 Å². The van der Waals surface area contributed by atoms with Gasteiger partial charge in [0.15, 0.2) is 0 Å².